The van der Waals surface area contributed by atoms with Gasteiger partial charge in [0.1, 0.15) is 17.2 Å². The molecule has 0 bridgehead atoms. The van der Waals surface area contributed by atoms with Gasteiger partial charge in [-0.1, -0.05) is 6.07 Å². The van der Waals surface area contributed by atoms with Crippen LogP contribution in [0.2, 0.25) is 0 Å². The molecule has 1 amide bonds. The minimum Gasteiger partial charge on any atom is -0.346 e. The molecule has 0 aromatic carbocycles. The van der Waals surface area contributed by atoms with Gasteiger partial charge in [0.05, 0.1) is 10.7 Å². The van der Waals surface area contributed by atoms with Crippen molar-refractivity contribution in [2.24, 2.45) is 7.05 Å². The Morgan fingerprint density at radius 1 is 1.11 bits per heavy atom. The zero-order chi connectivity index (χ0) is 19.7. The molecule has 4 heterocycles. The summed E-state index contributed by atoms with van der Waals surface area (Å²) >= 11 is 1.57. The van der Waals surface area contributed by atoms with E-state index in [9.17, 15) is 4.79 Å². The van der Waals surface area contributed by atoms with E-state index in [4.69, 9.17) is 0 Å². The summed E-state index contributed by atoms with van der Waals surface area (Å²) < 4.78 is 1.76. The van der Waals surface area contributed by atoms with E-state index in [2.05, 4.69) is 30.2 Å². The number of amides is 1. The first-order valence-corrected chi connectivity index (χ1v) is 9.42. The molecule has 0 aliphatic heterocycles. The first-order valence-electron chi connectivity index (χ1n) is 8.54. The third kappa shape index (κ3) is 3.65. The Balaban J connectivity index is 1.61. The number of nitrogens with zero attached hydrogens (tertiary/aromatic N) is 6. The van der Waals surface area contributed by atoms with Crippen LogP contribution < -0.4 is 5.32 Å². The summed E-state index contributed by atoms with van der Waals surface area (Å²) in [4.78, 5) is 34.3. The number of rotatable bonds is 4. The summed E-state index contributed by atoms with van der Waals surface area (Å²) in [7, 11) is 1.82. The standard InChI is InChI=1S/C19H17N7OS/c1-11-21-17(14-6-4-5-7-20-14)24-19(22-11)25-18(27)16-8-13(9-26(16)3)15-10-28-12(2)23-15/h4-10H,1-3H3,(H,21,22,24,25,27). The molecule has 0 radical (unpaired) electrons. The van der Waals surface area contributed by atoms with Gasteiger partial charge in [0.25, 0.3) is 5.91 Å². The van der Waals surface area contributed by atoms with Crippen molar-refractivity contribution in [3.05, 3.63) is 58.6 Å². The quantitative estimate of drug-likeness (QED) is 0.573. The van der Waals surface area contributed by atoms with Crippen LogP contribution in [0, 0.1) is 13.8 Å². The van der Waals surface area contributed by atoms with Gasteiger partial charge in [-0.3, -0.25) is 15.1 Å². The molecular weight excluding hydrogens is 374 g/mol. The normalized spacial score (nSPS) is 10.8. The van der Waals surface area contributed by atoms with Gasteiger partial charge in [0, 0.05) is 30.4 Å². The van der Waals surface area contributed by atoms with Crippen LogP contribution in [0.15, 0.2) is 42.0 Å². The molecule has 0 spiro atoms. The van der Waals surface area contributed by atoms with Gasteiger partial charge in [-0.25, -0.2) is 9.97 Å². The van der Waals surface area contributed by atoms with Crippen LogP contribution in [0.4, 0.5) is 5.95 Å². The van der Waals surface area contributed by atoms with Crippen LogP contribution in [0.25, 0.3) is 22.8 Å². The number of aryl methyl sites for hydroxylation is 3. The number of hydrogen-bond acceptors (Lipinski definition) is 7. The molecule has 9 heteroatoms. The predicted octanol–water partition coefficient (Wildman–Crippen LogP) is 3.26. The van der Waals surface area contributed by atoms with E-state index < -0.39 is 0 Å². The van der Waals surface area contributed by atoms with E-state index >= 15 is 0 Å². The van der Waals surface area contributed by atoms with E-state index in [1.807, 2.05) is 37.7 Å². The highest BCUT2D eigenvalue weighted by Gasteiger charge is 2.16. The van der Waals surface area contributed by atoms with Crippen molar-refractivity contribution >= 4 is 23.2 Å². The average molecular weight is 391 g/mol. The van der Waals surface area contributed by atoms with Crippen molar-refractivity contribution in [2.45, 2.75) is 13.8 Å². The third-order valence-corrected chi connectivity index (χ3v) is 4.79. The highest BCUT2D eigenvalue weighted by molar-refractivity contribution is 7.09. The molecule has 4 aromatic rings. The summed E-state index contributed by atoms with van der Waals surface area (Å²) in [5.74, 6) is 0.786. The number of carbonyl (C=O) groups excluding carboxylic acids is 1. The zero-order valence-electron chi connectivity index (χ0n) is 15.5. The zero-order valence-corrected chi connectivity index (χ0v) is 16.4. The third-order valence-electron chi connectivity index (χ3n) is 4.02. The van der Waals surface area contributed by atoms with Crippen LogP contribution in [0.1, 0.15) is 21.3 Å². The monoisotopic (exact) mass is 391 g/mol. The van der Waals surface area contributed by atoms with Crippen molar-refractivity contribution < 1.29 is 4.79 Å². The minimum atomic E-state index is -0.307. The maximum absolute atomic E-state index is 12.8. The van der Waals surface area contributed by atoms with E-state index in [1.54, 1.807) is 41.2 Å². The number of carbonyl (C=O) groups is 1. The molecule has 0 saturated heterocycles. The van der Waals surface area contributed by atoms with Crippen LogP contribution in [0.3, 0.4) is 0 Å². The van der Waals surface area contributed by atoms with Gasteiger partial charge in [0.2, 0.25) is 5.95 Å². The van der Waals surface area contributed by atoms with Gasteiger partial charge in [-0.05, 0) is 32.0 Å². The predicted molar refractivity (Wildman–Crippen MR) is 107 cm³/mol. The fourth-order valence-electron chi connectivity index (χ4n) is 2.74. The molecule has 8 nitrogen and oxygen atoms in total. The summed E-state index contributed by atoms with van der Waals surface area (Å²) in [6, 6.07) is 7.28. The second-order valence-electron chi connectivity index (χ2n) is 6.18. The van der Waals surface area contributed by atoms with Crippen molar-refractivity contribution in [1.29, 1.82) is 0 Å². The second kappa shape index (κ2) is 7.28. The Morgan fingerprint density at radius 2 is 1.96 bits per heavy atom. The van der Waals surface area contributed by atoms with E-state index in [0.717, 1.165) is 16.3 Å². The molecule has 4 rings (SSSR count). The fourth-order valence-corrected chi connectivity index (χ4v) is 3.36. The first-order chi connectivity index (χ1) is 13.5. The summed E-state index contributed by atoms with van der Waals surface area (Å²) in [5, 5.41) is 5.70. The molecular formula is C19H17N7OS. The molecule has 0 saturated carbocycles. The molecule has 0 fully saturated rings. The van der Waals surface area contributed by atoms with Crippen LogP contribution in [-0.4, -0.2) is 35.4 Å². The Labute approximate surface area is 165 Å². The SMILES string of the molecule is Cc1nc(NC(=O)c2cc(-c3csc(C)n3)cn2C)nc(-c2ccccn2)n1. The van der Waals surface area contributed by atoms with Crippen molar-refractivity contribution in [1.82, 2.24) is 29.5 Å². The first kappa shape index (κ1) is 17.9. The maximum Gasteiger partial charge on any atom is 0.274 e. The Bertz CT molecular complexity index is 1150. The average Bonchev–Trinajstić information content (AvgIpc) is 3.27. The van der Waals surface area contributed by atoms with Gasteiger partial charge in [-0.15, -0.1) is 11.3 Å². The van der Waals surface area contributed by atoms with Crippen LogP contribution >= 0.6 is 11.3 Å². The molecule has 4 aromatic heterocycles. The summed E-state index contributed by atoms with van der Waals surface area (Å²) in [5.41, 5.74) is 2.84. The van der Waals surface area contributed by atoms with Crippen molar-refractivity contribution in [3.8, 4) is 22.8 Å². The van der Waals surface area contributed by atoms with Crippen LogP contribution in [0.5, 0.6) is 0 Å². The minimum absolute atomic E-state index is 0.186. The van der Waals surface area contributed by atoms with Gasteiger partial charge in [-0.2, -0.15) is 9.97 Å². The Kier molecular flexibility index (Phi) is 4.66. The number of pyridine rings is 1. The molecule has 0 unspecified atom stereocenters. The largest absolute Gasteiger partial charge is 0.346 e. The van der Waals surface area contributed by atoms with Crippen molar-refractivity contribution in [3.63, 3.8) is 0 Å². The molecule has 0 atom stereocenters. The van der Waals surface area contributed by atoms with E-state index in [-0.39, 0.29) is 11.9 Å². The second-order valence-corrected chi connectivity index (χ2v) is 7.24. The topological polar surface area (TPSA) is 98.5 Å². The summed E-state index contributed by atoms with van der Waals surface area (Å²) in [6.07, 6.45) is 3.54. The smallest absolute Gasteiger partial charge is 0.274 e. The highest BCUT2D eigenvalue weighted by atomic mass is 32.1. The number of anilines is 1. The Hall–Kier alpha value is -3.46. The molecule has 1 N–H and O–H groups in total. The van der Waals surface area contributed by atoms with E-state index in [0.29, 0.717) is 23.0 Å². The maximum atomic E-state index is 12.8. The fraction of sp³-hybridized carbons (Fsp3) is 0.158. The highest BCUT2D eigenvalue weighted by Crippen LogP contribution is 2.24. The van der Waals surface area contributed by atoms with Gasteiger partial charge in [0.15, 0.2) is 5.82 Å². The lowest BCUT2D eigenvalue weighted by atomic mass is 10.2. The lowest BCUT2D eigenvalue weighted by Gasteiger charge is -2.07. The number of thiazole rings is 1. The molecule has 0 aliphatic rings. The lowest BCUT2D eigenvalue weighted by molar-refractivity contribution is 0.101. The summed E-state index contributed by atoms with van der Waals surface area (Å²) in [6.45, 7) is 3.70. The molecule has 0 aliphatic carbocycles. The van der Waals surface area contributed by atoms with Crippen molar-refractivity contribution in [2.75, 3.05) is 5.32 Å². The van der Waals surface area contributed by atoms with E-state index in [1.165, 1.54) is 0 Å². The Morgan fingerprint density at radius 3 is 2.68 bits per heavy atom. The van der Waals surface area contributed by atoms with Gasteiger partial charge < -0.3 is 4.57 Å². The molecule has 140 valence electrons. The van der Waals surface area contributed by atoms with Crippen LogP contribution in [-0.2, 0) is 7.05 Å². The molecule has 28 heavy (non-hydrogen) atoms. The lowest BCUT2D eigenvalue weighted by Crippen LogP contribution is -2.18. The number of nitrogens with one attached hydrogen (secondary N) is 1. The van der Waals surface area contributed by atoms with Gasteiger partial charge >= 0.3 is 0 Å². The number of hydrogen-bond donors (Lipinski definition) is 1. The number of aromatic nitrogens is 6.